The number of hydrogen-bond acceptors (Lipinski definition) is 6. The molecule has 0 saturated carbocycles. The van der Waals surface area contributed by atoms with Gasteiger partial charge in [0.05, 0.1) is 24.3 Å². The first-order valence-electron chi connectivity index (χ1n) is 9.69. The first-order chi connectivity index (χ1) is 14.6. The molecule has 0 unspecified atom stereocenters. The van der Waals surface area contributed by atoms with Gasteiger partial charge in [-0.15, -0.1) is 0 Å². The number of urea groups is 1. The van der Waals surface area contributed by atoms with Gasteiger partial charge in [0.25, 0.3) is 0 Å². The summed E-state index contributed by atoms with van der Waals surface area (Å²) in [5, 5.41) is 12.7. The van der Waals surface area contributed by atoms with Gasteiger partial charge in [-0.05, 0) is 48.9 Å². The lowest BCUT2D eigenvalue weighted by molar-refractivity contribution is 0.208. The number of piperazine rings is 1. The van der Waals surface area contributed by atoms with Crippen molar-refractivity contribution in [3.05, 3.63) is 53.9 Å². The van der Waals surface area contributed by atoms with Crippen molar-refractivity contribution in [3.8, 4) is 11.8 Å². The smallest absolute Gasteiger partial charge is 0.321 e. The fourth-order valence-electron chi connectivity index (χ4n) is 3.60. The summed E-state index contributed by atoms with van der Waals surface area (Å²) in [6.07, 6.45) is 1.58. The number of fused-ring (bicyclic) bond motifs is 1. The number of nitrogens with one attached hydrogen (secondary N) is 1. The number of carbonyl (C=O) groups is 1. The van der Waals surface area contributed by atoms with Gasteiger partial charge in [-0.2, -0.15) is 5.26 Å². The normalized spacial score (nSPS) is 13.8. The highest BCUT2D eigenvalue weighted by molar-refractivity contribution is 5.92. The summed E-state index contributed by atoms with van der Waals surface area (Å²) < 4.78 is 5.46. The molecule has 1 aromatic heterocycles. The van der Waals surface area contributed by atoms with Gasteiger partial charge in [0.1, 0.15) is 17.9 Å². The Balaban J connectivity index is 1.45. The molecule has 0 bridgehead atoms. The van der Waals surface area contributed by atoms with Gasteiger partial charge in [-0.3, -0.25) is 0 Å². The van der Waals surface area contributed by atoms with E-state index in [1.165, 1.54) is 0 Å². The summed E-state index contributed by atoms with van der Waals surface area (Å²) in [6.45, 7) is 4.49. The van der Waals surface area contributed by atoms with Gasteiger partial charge in [0.15, 0.2) is 0 Å². The molecule has 2 amide bonds. The molecule has 2 aromatic carbocycles. The van der Waals surface area contributed by atoms with E-state index in [0.29, 0.717) is 37.4 Å². The van der Waals surface area contributed by atoms with E-state index >= 15 is 0 Å². The predicted octanol–water partition coefficient (Wildman–Crippen LogP) is 3.17. The number of nitriles is 1. The van der Waals surface area contributed by atoms with Gasteiger partial charge < -0.3 is 19.9 Å². The molecule has 3 aromatic rings. The van der Waals surface area contributed by atoms with E-state index in [0.717, 1.165) is 28.0 Å². The molecule has 30 heavy (non-hydrogen) atoms. The predicted molar refractivity (Wildman–Crippen MR) is 115 cm³/mol. The molecule has 1 saturated heterocycles. The summed E-state index contributed by atoms with van der Waals surface area (Å²) in [4.78, 5) is 25.4. The molecule has 2 heterocycles. The number of aromatic nitrogens is 2. The van der Waals surface area contributed by atoms with Crippen LogP contribution in [0.4, 0.5) is 16.3 Å². The van der Waals surface area contributed by atoms with E-state index in [-0.39, 0.29) is 6.03 Å². The van der Waals surface area contributed by atoms with Gasteiger partial charge in [-0.1, -0.05) is 0 Å². The van der Waals surface area contributed by atoms with Gasteiger partial charge in [0.2, 0.25) is 0 Å². The van der Waals surface area contributed by atoms with Crippen LogP contribution < -0.4 is 15.0 Å². The van der Waals surface area contributed by atoms with Crippen LogP contribution in [0.15, 0.2) is 42.7 Å². The van der Waals surface area contributed by atoms with Crippen molar-refractivity contribution < 1.29 is 9.53 Å². The van der Waals surface area contributed by atoms with E-state index in [4.69, 9.17) is 10.00 Å². The van der Waals surface area contributed by atoms with E-state index < -0.39 is 0 Å². The van der Waals surface area contributed by atoms with E-state index in [1.807, 2.05) is 19.1 Å². The van der Waals surface area contributed by atoms with Crippen molar-refractivity contribution >= 4 is 28.4 Å². The fraction of sp³-hybridized carbons (Fsp3) is 0.273. The number of amides is 2. The number of nitrogens with zero attached hydrogens (tertiary/aromatic N) is 5. The van der Waals surface area contributed by atoms with Crippen LogP contribution in [-0.2, 0) is 0 Å². The highest BCUT2D eigenvalue weighted by atomic mass is 16.5. The van der Waals surface area contributed by atoms with Crippen molar-refractivity contribution in [3.63, 3.8) is 0 Å². The SMILES string of the molecule is COc1cc2c(N3CCN(C(=O)Nc4ccc(C#N)cc4)CC3)ncnc2cc1C. The summed E-state index contributed by atoms with van der Waals surface area (Å²) in [5.74, 6) is 1.66. The monoisotopic (exact) mass is 402 g/mol. The maximum Gasteiger partial charge on any atom is 0.321 e. The molecule has 4 rings (SSSR count). The average molecular weight is 402 g/mol. The molecule has 1 fully saturated rings. The number of anilines is 2. The Labute approximate surface area is 174 Å². The van der Waals surface area contributed by atoms with Gasteiger partial charge >= 0.3 is 6.03 Å². The Morgan fingerprint density at radius 2 is 1.87 bits per heavy atom. The number of hydrogen-bond donors (Lipinski definition) is 1. The van der Waals surface area contributed by atoms with Crippen molar-refractivity contribution in [2.75, 3.05) is 43.5 Å². The highest BCUT2D eigenvalue weighted by Crippen LogP contribution is 2.30. The van der Waals surface area contributed by atoms with Crippen LogP contribution in [-0.4, -0.2) is 54.2 Å². The lowest BCUT2D eigenvalue weighted by atomic mass is 10.1. The first kappa shape index (κ1) is 19.5. The number of aryl methyl sites for hydroxylation is 1. The van der Waals surface area contributed by atoms with E-state index in [2.05, 4.69) is 26.3 Å². The molecule has 0 radical (unpaired) electrons. The first-order valence-corrected chi connectivity index (χ1v) is 9.69. The molecule has 152 valence electrons. The van der Waals surface area contributed by atoms with Crippen LogP contribution >= 0.6 is 0 Å². The molecular weight excluding hydrogens is 380 g/mol. The molecule has 1 aliphatic heterocycles. The molecule has 0 atom stereocenters. The summed E-state index contributed by atoms with van der Waals surface area (Å²) in [7, 11) is 1.66. The zero-order chi connectivity index (χ0) is 21.1. The van der Waals surface area contributed by atoms with Crippen molar-refractivity contribution in [2.45, 2.75) is 6.92 Å². The van der Waals surface area contributed by atoms with Gasteiger partial charge in [0, 0.05) is 37.3 Å². The second kappa shape index (κ2) is 8.25. The van der Waals surface area contributed by atoms with Gasteiger partial charge in [-0.25, -0.2) is 14.8 Å². The number of ether oxygens (including phenoxy) is 1. The third kappa shape index (κ3) is 3.82. The molecule has 0 spiro atoms. The second-order valence-corrected chi connectivity index (χ2v) is 7.13. The van der Waals surface area contributed by atoms with Crippen LogP contribution in [0, 0.1) is 18.3 Å². The Hall–Kier alpha value is -3.86. The number of benzene rings is 2. The largest absolute Gasteiger partial charge is 0.496 e. The fourth-order valence-corrected chi connectivity index (χ4v) is 3.60. The quantitative estimate of drug-likeness (QED) is 0.723. The Kier molecular flexibility index (Phi) is 5.35. The van der Waals surface area contributed by atoms with Crippen LogP contribution in [0.1, 0.15) is 11.1 Å². The minimum atomic E-state index is -0.149. The van der Waals surface area contributed by atoms with Crippen molar-refractivity contribution in [1.82, 2.24) is 14.9 Å². The third-order valence-corrected chi connectivity index (χ3v) is 5.26. The van der Waals surface area contributed by atoms with E-state index in [1.54, 1.807) is 42.6 Å². The highest BCUT2D eigenvalue weighted by Gasteiger charge is 2.23. The van der Waals surface area contributed by atoms with Crippen LogP contribution in [0.2, 0.25) is 0 Å². The molecular formula is C22H22N6O2. The molecule has 8 nitrogen and oxygen atoms in total. The standard InChI is InChI=1S/C22H22N6O2/c1-15-11-19-18(12-20(15)30-2)21(25-14-24-19)27-7-9-28(10-8-27)22(29)26-17-5-3-16(13-23)4-6-17/h3-6,11-12,14H,7-10H2,1-2H3,(H,26,29). The summed E-state index contributed by atoms with van der Waals surface area (Å²) in [6, 6.07) is 12.7. The topological polar surface area (TPSA) is 94.4 Å². The maximum atomic E-state index is 12.6. The zero-order valence-corrected chi connectivity index (χ0v) is 16.9. The van der Waals surface area contributed by atoms with Crippen LogP contribution in [0.25, 0.3) is 10.9 Å². The Morgan fingerprint density at radius 3 is 2.53 bits per heavy atom. The minimum absolute atomic E-state index is 0.149. The number of carbonyl (C=O) groups excluding carboxylic acids is 1. The average Bonchev–Trinajstić information content (AvgIpc) is 2.78. The maximum absolute atomic E-state index is 12.6. The summed E-state index contributed by atoms with van der Waals surface area (Å²) >= 11 is 0. The lowest BCUT2D eigenvalue weighted by Gasteiger charge is -2.35. The zero-order valence-electron chi connectivity index (χ0n) is 16.9. The summed E-state index contributed by atoms with van der Waals surface area (Å²) in [5.41, 5.74) is 3.13. The molecule has 0 aliphatic carbocycles. The Morgan fingerprint density at radius 1 is 1.13 bits per heavy atom. The van der Waals surface area contributed by atoms with Crippen LogP contribution in [0.5, 0.6) is 5.75 Å². The van der Waals surface area contributed by atoms with E-state index in [9.17, 15) is 4.79 Å². The molecule has 1 N–H and O–H groups in total. The lowest BCUT2D eigenvalue weighted by Crippen LogP contribution is -2.50. The number of rotatable bonds is 3. The second-order valence-electron chi connectivity index (χ2n) is 7.13. The third-order valence-electron chi connectivity index (χ3n) is 5.26. The molecule has 8 heteroatoms. The van der Waals surface area contributed by atoms with Crippen molar-refractivity contribution in [2.24, 2.45) is 0 Å². The van der Waals surface area contributed by atoms with Crippen LogP contribution in [0.3, 0.4) is 0 Å². The minimum Gasteiger partial charge on any atom is -0.496 e. The number of methoxy groups -OCH3 is 1. The van der Waals surface area contributed by atoms with Crippen molar-refractivity contribution in [1.29, 1.82) is 5.26 Å². The molecule has 1 aliphatic rings. The Bertz CT molecular complexity index is 1110.